The third-order valence-corrected chi connectivity index (χ3v) is 2.85. The van der Waals surface area contributed by atoms with E-state index in [2.05, 4.69) is 4.99 Å². The molecule has 2 aromatic carbocycles. The molecule has 0 spiro atoms. The SMILES string of the molecule is CC(/C=C/c1ccccc1O)=Nc1ccccc1C. The van der Waals surface area contributed by atoms with Gasteiger partial charge in [0.25, 0.3) is 0 Å². The normalized spacial score (nSPS) is 12.0. The predicted molar refractivity (Wildman–Crippen MR) is 81.1 cm³/mol. The first kappa shape index (κ1) is 13.1. The lowest BCUT2D eigenvalue weighted by molar-refractivity contribution is 0.474. The second-order valence-corrected chi connectivity index (χ2v) is 4.43. The molecule has 0 saturated heterocycles. The molecule has 0 unspecified atom stereocenters. The Hall–Kier alpha value is -2.35. The molecule has 0 radical (unpaired) electrons. The molecular formula is C17H17NO. The zero-order chi connectivity index (χ0) is 13.7. The Labute approximate surface area is 113 Å². The molecule has 0 bridgehead atoms. The number of aromatic hydroxyl groups is 1. The largest absolute Gasteiger partial charge is 0.507 e. The summed E-state index contributed by atoms with van der Waals surface area (Å²) in [4.78, 5) is 4.55. The van der Waals surface area contributed by atoms with Crippen molar-refractivity contribution in [3.05, 3.63) is 65.7 Å². The van der Waals surface area contributed by atoms with Crippen molar-refractivity contribution in [3.8, 4) is 5.75 Å². The average molecular weight is 251 g/mol. The zero-order valence-corrected chi connectivity index (χ0v) is 11.2. The number of allylic oxidation sites excluding steroid dienone is 1. The monoisotopic (exact) mass is 251 g/mol. The van der Waals surface area contributed by atoms with Crippen LogP contribution in [0.25, 0.3) is 6.08 Å². The number of hydrogen-bond donors (Lipinski definition) is 1. The maximum atomic E-state index is 9.67. The van der Waals surface area contributed by atoms with Crippen molar-refractivity contribution in [2.24, 2.45) is 4.99 Å². The molecule has 19 heavy (non-hydrogen) atoms. The first-order valence-electron chi connectivity index (χ1n) is 6.24. The van der Waals surface area contributed by atoms with Gasteiger partial charge in [0.15, 0.2) is 0 Å². The van der Waals surface area contributed by atoms with E-state index in [1.54, 1.807) is 12.1 Å². The van der Waals surface area contributed by atoms with E-state index in [1.807, 2.05) is 62.4 Å². The lowest BCUT2D eigenvalue weighted by Crippen LogP contribution is -1.85. The standard InChI is InChI=1S/C17H17NO/c1-13-7-3-5-9-16(13)18-14(2)11-12-15-8-4-6-10-17(15)19/h3-12,19H,1-2H3/b12-11+,18-14?. The molecule has 0 amide bonds. The molecule has 0 aliphatic rings. The number of nitrogens with zero attached hydrogens (tertiary/aromatic N) is 1. The van der Waals surface area contributed by atoms with Gasteiger partial charge in [-0.05, 0) is 43.7 Å². The fraction of sp³-hybridized carbons (Fsp3) is 0.118. The van der Waals surface area contributed by atoms with Crippen LogP contribution >= 0.6 is 0 Å². The van der Waals surface area contributed by atoms with Crippen LogP contribution < -0.4 is 0 Å². The van der Waals surface area contributed by atoms with Crippen LogP contribution in [-0.2, 0) is 0 Å². The molecule has 0 aromatic heterocycles. The number of aryl methyl sites for hydroxylation is 1. The van der Waals surface area contributed by atoms with Gasteiger partial charge < -0.3 is 5.11 Å². The predicted octanol–water partition coefficient (Wildman–Crippen LogP) is 4.51. The van der Waals surface area contributed by atoms with Gasteiger partial charge in [0, 0.05) is 11.3 Å². The molecule has 2 rings (SSSR count). The molecule has 0 aliphatic heterocycles. The number of aliphatic imine (C=N–C) groups is 1. The number of para-hydroxylation sites is 2. The van der Waals surface area contributed by atoms with Crippen LogP contribution in [0.2, 0.25) is 0 Å². The van der Waals surface area contributed by atoms with Gasteiger partial charge in [0.2, 0.25) is 0 Å². The van der Waals surface area contributed by atoms with Gasteiger partial charge in [-0.1, -0.05) is 36.4 Å². The minimum atomic E-state index is 0.280. The van der Waals surface area contributed by atoms with E-state index in [-0.39, 0.29) is 5.75 Å². The first-order chi connectivity index (χ1) is 9.16. The Morgan fingerprint density at radius 3 is 2.47 bits per heavy atom. The molecule has 0 atom stereocenters. The maximum Gasteiger partial charge on any atom is 0.122 e. The first-order valence-corrected chi connectivity index (χ1v) is 6.24. The van der Waals surface area contributed by atoms with E-state index in [4.69, 9.17) is 0 Å². The van der Waals surface area contributed by atoms with Crippen molar-refractivity contribution in [1.82, 2.24) is 0 Å². The Kier molecular flexibility index (Phi) is 4.14. The highest BCUT2D eigenvalue weighted by Crippen LogP contribution is 2.19. The molecule has 2 nitrogen and oxygen atoms in total. The summed E-state index contributed by atoms with van der Waals surface area (Å²) >= 11 is 0. The summed E-state index contributed by atoms with van der Waals surface area (Å²) in [5.74, 6) is 0.280. The van der Waals surface area contributed by atoms with Gasteiger partial charge in [-0.2, -0.15) is 0 Å². The van der Waals surface area contributed by atoms with Gasteiger partial charge in [0.1, 0.15) is 5.75 Å². The number of phenolic OH excluding ortho intramolecular Hbond substituents is 1. The van der Waals surface area contributed by atoms with E-state index in [9.17, 15) is 5.11 Å². The summed E-state index contributed by atoms with van der Waals surface area (Å²) in [5.41, 5.74) is 3.82. The Bertz CT molecular complexity index is 627. The van der Waals surface area contributed by atoms with Crippen molar-refractivity contribution in [1.29, 1.82) is 0 Å². The summed E-state index contributed by atoms with van der Waals surface area (Å²) in [6.45, 7) is 3.99. The van der Waals surface area contributed by atoms with Crippen LogP contribution in [0, 0.1) is 6.92 Å². The third-order valence-electron chi connectivity index (χ3n) is 2.85. The number of rotatable bonds is 3. The summed E-state index contributed by atoms with van der Waals surface area (Å²) < 4.78 is 0. The van der Waals surface area contributed by atoms with Crippen LogP contribution in [0.4, 0.5) is 5.69 Å². The van der Waals surface area contributed by atoms with E-state index in [1.165, 1.54) is 0 Å². The minimum absolute atomic E-state index is 0.280. The average Bonchev–Trinajstić information content (AvgIpc) is 2.40. The molecule has 0 aliphatic carbocycles. The van der Waals surface area contributed by atoms with E-state index >= 15 is 0 Å². The Balaban J connectivity index is 2.20. The number of hydrogen-bond acceptors (Lipinski definition) is 2. The fourth-order valence-electron chi connectivity index (χ4n) is 1.75. The minimum Gasteiger partial charge on any atom is -0.507 e. The second-order valence-electron chi connectivity index (χ2n) is 4.43. The molecule has 1 N–H and O–H groups in total. The molecule has 0 heterocycles. The van der Waals surface area contributed by atoms with E-state index in [0.717, 1.165) is 22.5 Å². The quantitative estimate of drug-likeness (QED) is 0.800. The maximum absolute atomic E-state index is 9.67. The van der Waals surface area contributed by atoms with E-state index < -0.39 is 0 Å². The van der Waals surface area contributed by atoms with Gasteiger partial charge in [0.05, 0.1) is 5.69 Å². The van der Waals surface area contributed by atoms with Gasteiger partial charge in [-0.15, -0.1) is 0 Å². The Morgan fingerprint density at radius 1 is 1.05 bits per heavy atom. The topological polar surface area (TPSA) is 32.6 Å². The number of phenols is 1. The Morgan fingerprint density at radius 2 is 1.74 bits per heavy atom. The van der Waals surface area contributed by atoms with Crippen molar-refractivity contribution in [2.45, 2.75) is 13.8 Å². The number of benzene rings is 2. The smallest absolute Gasteiger partial charge is 0.122 e. The van der Waals surface area contributed by atoms with E-state index in [0.29, 0.717) is 0 Å². The molecular weight excluding hydrogens is 234 g/mol. The van der Waals surface area contributed by atoms with Gasteiger partial charge >= 0.3 is 0 Å². The summed E-state index contributed by atoms with van der Waals surface area (Å²) in [6, 6.07) is 15.3. The summed E-state index contributed by atoms with van der Waals surface area (Å²) in [6.07, 6.45) is 3.77. The van der Waals surface area contributed by atoms with Crippen LogP contribution in [0.1, 0.15) is 18.1 Å². The van der Waals surface area contributed by atoms with Crippen LogP contribution in [0.15, 0.2) is 59.6 Å². The highest BCUT2D eigenvalue weighted by atomic mass is 16.3. The second kappa shape index (κ2) is 6.01. The summed E-state index contributed by atoms with van der Waals surface area (Å²) in [5, 5.41) is 9.67. The molecule has 2 heteroatoms. The molecule has 0 fully saturated rings. The molecule has 0 saturated carbocycles. The van der Waals surface area contributed by atoms with Crippen molar-refractivity contribution >= 4 is 17.5 Å². The van der Waals surface area contributed by atoms with Crippen molar-refractivity contribution in [3.63, 3.8) is 0 Å². The van der Waals surface area contributed by atoms with Crippen molar-refractivity contribution < 1.29 is 5.11 Å². The zero-order valence-electron chi connectivity index (χ0n) is 11.2. The third kappa shape index (κ3) is 3.55. The van der Waals surface area contributed by atoms with Gasteiger partial charge in [-0.3, -0.25) is 4.99 Å². The van der Waals surface area contributed by atoms with Gasteiger partial charge in [-0.25, -0.2) is 0 Å². The molecule has 2 aromatic rings. The summed E-state index contributed by atoms with van der Waals surface area (Å²) in [7, 11) is 0. The van der Waals surface area contributed by atoms with Crippen LogP contribution in [-0.4, -0.2) is 10.8 Å². The van der Waals surface area contributed by atoms with Crippen molar-refractivity contribution in [2.75, 3.05) is 0 Å². The highest BCUT2D eigenvalue weighted by Gasteiger charge is 1.96. The fourth-order valence-corrected chi connectivity index (χ4v) is 1.75. The van der Waals surface area contributed by atoms with Crippen LogP contribution in [0.5, 0.6) is 5.75 Å². The van der Waals surface area contributed by atoms with Crippen LogP contribution in [0.3, 0.4) is 0 Å². The lowest BCUT2D eigenvalue weighted by atomic mass is 10.1. The lowest BCUT2D eigenvalue weighted by Gasteiger charge is -2.00. The highest BCUT2D eigenvalue weighted by molar-refractivity contribution is 5.98. The molecule has 96 valence electrons.